The van der Waals surface area contributed by atoms with Gasteiger partial charge in [-0.2, -0.15) is 76.4 Å². The highest BCUT2D eigenvalue weighted by atomic mass is 19.4. The molecule has 0 amide bonds. The van der Waals surface area contributed by atoms with Crippen LogP contribution in [0.3, 0.4) is 0 Å². The van der Waals surface area contributed by atoms with Gasteiger partial charge in [0.05, 0.1) is 84.5 Å². The van der Waals surface area contributed by atoms with E-state index in [1.807, 2.05) is 6.07 Å². The summed E-state index contributed by atoms with van der Waals surface area (Å²) in [4.78, 5) is 0. The number of hydrogen-bond donors (Lipinski definition) is 0. The molecule has 0 radical (unpaired) electrons. The Balaban J connectivity index is 1.37. The molecule has 0 saturated heterocycles. The Morgan fingerprint density at radius 3 is 1.09 bits per heavy atom. The van der Waals surface area contributed by atoms with Gasteiger partial charge in [0.2, 0.25) is 0 Å². The Morgan fingerprint density at radius 2 is 0.703 bits per heavy atom. The van der Waals surface area contributed by atoms with Gasteiger partial charge in [0.15, 0.2) is 0 Å². The van der Waals surface area contributed by atoms with Gasteiger partial charge in [-0.25, -0.2) is 0 Å². The van der Waals surface area contributed by atoms with E-state index in [0.29, 0.717) is 41.1 Å². The van der Waals surface area contributed by atoms with E-state index in [1.54, 1.807) is 42.5 Å². The fraction of sp³-hybridized carbons (Fsp3) is 0.0909. The molecular weight excluding hydrogens is 1000 g/mol. The van der Waals surface area contributed by atoms with Gasteiger partial charge in [0, 0.05) is 27.1 Å². The maximum absolute atomic E-state index is 15.6. The fourth-order valence-corrected chi connectivity index (χ4v) is 9.58. The normalized spacial score (nSPS) is 12.8. The zero-order chi connectivity index (χ0) is 53.0. The van der Waals surface area contributed by atoms with Crippen LogP contribution in [0.25, 0.3) is 88.4 Å². The topological polar surface area (TPSA) is 57.4 Å². The molecule has 0 aliphatic carbocycles. The van der Waals surface area contributed by atoms with Crippen molar-refractivity contribution in [2.45, 2.75) is 30.9 Å². The summed E-state index contributed by atoms with van der Waals surface area (Å²) in [7, 11) is 0. The van der Waals surface area contributed by atoms with E-state index < -0.39 is 81.0 Å². The summed E-state index contributed by atoms with van der Waals surface area (Å²) in [6.45, 7) is 0. The quantitative estimate of drug-likeness (QED) is 0.161. The van der Waals surface area contributed by atoms with Crippen molar-refractivity contribution in [3.05, 3.63) is 191 Å². The first kappa shape index (κ1) is 48.9. The van der Waals surface area contributed by atoms with Crippen LogP contribution in [-0.2, 0) is 30.9 Å². The number of alkyl halides is 15. The number of halogens is 15. The lowest BCUT2D eigenvalue weighted by Crippen LogP contribution is -2.12. The van der Waals surface area contributed by atoms with E-state index in [2.05, 4.69) is 0 Å². The summed E-state index contributed by atoms with van der Waals surface area (Å²) in [6, 6.07) is 31.0. The number of nitriles is 2. The van der Waals surface area contributed by atoms with Crippen molar-refractivity contribution in [2.24, 2.45) is 0 Å². The van der Waals surface area contributed by atoms with Crippen molar-refractivity contribution < 1.29 is 65.9 Å². The smallest absolute Gasteiger partial charge is 0.308 e. The van der Waals surface area contributed by atoms with Crippen molar-refractivity contribution in [2.75, 3.05) is 0 Å². The zero-order valence-corrected chi connectivity index (χ0v) is 36.9. The average molecular weight is 1030 g/mol. The summed E-state index contributed by atoms with van der Waals surface area (Å²) in [5.41, 5.74) is -11.5. The largest absolute Gasteiger partial charge is 0.417 e. The predicted molar refractivity (Wildman–Crippen MR) is 246 cm³/mol. The molecule has 2 heterocycles. The lowest BCUT2D eigenvalue weighted by atomic mass is 9.92. The first-order valence-corrected chi connectivity index (χ1v) is 21.6. The minimum absolute atomic E-state index is 0.00675. The van der Waals surface area contributed by atoms with Crippen LogP contribution < -0.4 is 0 Å². The summed E-state index contributed by atoms with van der Waals surface area (Å²) < 4.78 is 220. The Bertz CT molecular complexity index is 3820. The third kappa shape index (κ3) is 8.27. The van der Waals surface area contributed by atoms with Crippen LogP contribution in [0.4, 0.5) is 65.9 Å². The molecule has 8 aromatic carbocycles. The maximum Gasteiger partial charge on any atom is 0.417 e. The molecule has 2 aromatic heterocycles. The van der Waals surface area contributed by atoms with Crippen molar-refractivity contribution >= 4 is 43.6 Å². The third-order valence-electron chi connectivity index (χ3n) is 12.7. The molecule has 0 aliphatic heterocycles. The van der Waals surface area contributed by atoms with Crippen molar-refractivity contribution in [1.82, 2.24) is 9.13 Å². The van der Waals surface area contributed by atoms with Gasteiger partial charge in [-0.1, -0.05) is 78.9 Å². The molecule has 0 N–H and O–H groups in total. The van der Waals surface area contributed by atoms with Gasteiger partial charge >= 0.3 is 30.9 Å². The molecule has 0 fully saturated rings. The Kier molecular flexibility index (Phi) is 11.2. The van der Waals surface area contributed by atoms with Gasteiger partial charge in [0.1, 0.15) is 0 Å². The molecule has 19 heteroatoms. The minimum Gasteiger partial charge on any atom is -0.308 e. The number of fused-ring (bicyclic) bond motifs is 6. The Labute approximate surface area is 406 Å². The summed E-state index contributed by atoms with van der Waals surface area (Å²) in [6.07, 6.45) is -26.2. The van der Waals surface area contributed by atoms with Crippen LogP contribution in [0.15, 0.2) is 152 Å². The second-order valence-corrected chi connectivity index (χ2v) is 17.1. The van der Waals surface area contributed by atoms with Gasteiger partial charge in [-0.15, -0.1) is 0 Å². The zero-order valence-electron chi connectivity index (χ0n) is 36.9. The highest BCUT2D eigenvalue weighted by Gasteiger charge is 2.41. The van der Waals surface area contributed by atoms with E-state index >= 15 is 13.2 Å². The summed E-state index contributed by atoms with van der Waals surface area (Å²) >= 11 is 0. The standard InChI is InChI=1S/C55H25F15N4/c56-51(57,58)32-12-17-34(42(24-32)54(65,66)67)30-10-15-38-36-5-1-3-7-44(36)73(46(38)22-30)48-20-29(27-72)21-49(50(48)40-14-9-28(26-71)19-41(40)53(62,63)64)74-45-8-4-2-6-37(45)39-16-11-31(23-47(39)74)35-18-13-33(52(59,60)61)25-43(35)55(68,69)70/h1-25H. The number of aromatic nitrogens is 2. The van der Waals surface area contributed by atoms with Crippen LogP contribution in [0, 0.1) is 22.7 Å². The van der Waals surface area contributed by atoms with Crippen LogP contribution >= 0.6 is 0 Å². The van der Waals surface area contributed by atoms with Gasteiger partial charge in [0.25, 0.3) is 0 Å². The molecular formula is C55H25F15N4. The highest BCUT2D eigenvalue weighted by molar-refractivity contribution is 6.13. The van der Waals surface area contributed by atoms with E-state index in [1.165, 1.54) is 69.8 Å². The van der Waals surface area contributed by atoms with E-state index in [-0.39, 0.29) is 78.6 Å². The molecule has 0 bridgehead atoms. The maximum atomic E-state index is 15.6. The first-order valence-electron chi connectivity index (χ1n) is 21.6. The second kappa shape index (κ2) is 16.9. The van der Waals surface area contributed by atoms with Crippen molar-refractivity contribution in [3.63, 3.8) is 0 Å². The number of nitrogens with zero attached hydrogens (tertiary/aromatic N) is 4. The summed E-state index contributed by atoms with van der Waals surface area (Å²) in [5.74, 6) is 0. The van der Waals surface area contributed by atoms with Crippen molar-refractivity contribution in [3.8, 4) is 56.9 Å². The summed E-state index contributed by atoms with van der Waals surface area (Å²) in [5, 5.41) is 21.9. The van der Waals surface area contributed by atoms with Gasteiger partial charge < -0.3 is 9.13 Å². The lowest BCUT2D eigenvalue weighted by molar-refractivity contribution is -0.144. The molecule has 0 atom stereocenters. The number of rotatable bonds is 5. The molecule has 0 aliphatic rings. The van der Waals surface area contributed by atoms with E-state index in [4.69, 9.17) is 0 Å². The van der Waals surface area contributed by atoms with Crippen LogP contribution in [0.1, 0.15) is 38.9 Å². The number of benzene rings is 8. The van der Waals surface area contributed by atoms with Gasteiger partial charge in [-0.3, -0.25) is 0 Å². The van der Waals surface area contributed by atoms with Crippen LogP contribution in [-0.4, -0.2) is 9.13 Å². The van der Waals surface area contributed by atoms with Crippen LogP contribution in [0.5, 0.6) is 0 Å². The highest BCUT2D eigenvalue weighted by Crippen LogP contribution is 2.49. The number of hydrogen-bond acceptors (Lipinski definition) is 2. The molecule has 0 unspecified atom stereocenters. The fourth-order valence-electron chi connectivity index (χ4n) is 9.58. The van der Waals surface area contributed by atoms with E-state index in [9.17, 15) is 63.2 Å². The van der Waals surface area contributed by atoms with E-state index in [0.717, 1.165) is 12.1 Å². The van der Waals surface area contributed by atoms with Crippen LogP contribution in [0.2, 0.25) is 0 Å². The SMILES string of the molecule is N#Cc1cc(-n2c3ccccc3c3ccc(-c4ccc(C(F)(F)F)cc4C(F)(F)F)cc32)c(-c2ccc(C#N)cc2C(F)(F)F)c(-n2c3ccccc3c3ccc(-c4ccc(C(F)(F)F)cc4C(F)(F)F)cc32)c1. The molecule has 74 heavy (non-hydrogen) atoms. The molecule has 0 spiro atoms. The lowest BCUT2D eigenvalue weighted by Gasteiger charge is -2.23. The molecule has 4 nitrogen and oxygen atoms in total. The van der Waals surface area contributed by atoms with Gasteiger partial charge in [-0.05, 0) is 101 Å². The predicted octanol–water partition coefficient (Wildman–Crippen LogP) is 17.7. The second-order valence-electron chi connectivity index (χ2n) is 17.1. The molecule has 0 saturated carbocycles. The van der Waals surface area contributed by atoms with Crippen molar-refractivity contribution in [1.29, 1.82) is 10.5 Å². The molecule has 370 valence electrons. The molecule has 10 aromatic rings. The Hall–Kier alpha value is -8.71. The average Bonchev–Trinajstić information content (AvgIpc) is 3.86. The molecule has 10 rings (SSSR count). The third-order valence-corrected chi connectivity index (χ3v) is 12.7. The Morgan fingerprint density at radius 1 is 0.324 bits per heavy atom. The number of para-hydroxylation sites is 2. The first-order chi connectivity index (χ1) is 34.8. The monoisotopic (exact) mass is 1030 g/mol. The minimum atomic E-state index is -5.33.